The van der Waals surface area contributed by atoms with E-state index in [1.807, 2.05) is 0 Å². The zero-order valence-corrected chi connectivity index (χ0v) is 16.5. The second-order valence-corrected chi connectivity index (χ2v) is 7.48. The fourth-order valence-electron chi connectivity index (χ4n) is 3.69. The molecule has 1 fully saturated rings. The molecule has 3 aromatic rings. The van der Waals surface area contributed by atoms with Gasteiger partial charge in [0, 0.05) is 13.1 Å². The molecule has 1 aliphatic heterocycles. The van der Waals surface area contributed by atoms with Gasteiger partial charge in [-0.1, -0.05) is 0 Å². The Morgan fingerprint density at radius 3 is 2.74 bits per heavy atom. The van der Waals surface area contributed by atoms with E-state index in [1.54, 1.807) is 12.1 Å². The smallest absolute Gasteiger partial charge is 0.416 e. The summed E-state index contributed by atoms with van der Waals surface area (Å²) in [4.78, 5) is 14.2. The number of alkyl halides is 3. The third kappa shape index (κ3) is 5.10. The fraction of sp³-hybridized carbons (Fsp3) is 0.400. The molecule has 0 bridgehead atoms. The number of aromatic nitrogens is 4. The highest BCUT2D eigenvalue weighted by atomic mass is 19.4. The van der Waals surface area contributed by atoms with Gasteiger partial charge in [0.25, 0.3) is 5.91 Å². The number of hydrogen-bond acceptors (Lipinski definition) is 6. The number of piperidine rings is 1. The van der Waals surface area contributed by atoms with Gasteiger partial charge in [-0.3, -0.25) is 9.69 Å². The first-order chi connectivity index (χ1) is 14.9. The van der Waals surface area contributed by atoms with Crippen LogP contribution in [0.4, 0.5) is 13.2 Å². The molecule has 0 saturated carbocycles. The van der Waals surface area contributed by atoms with Crippen molar-refractivity contribution >= 4 is 5.91 Å². The van der Waals surface area contributed by atoms with Crippen molar-refractivity contribution in [3.63, 3.8) is 0 Å². The molecule has 1 atom stereocenters. The lowest BCUT2D eigenvalue weighted by molar-refractivity contribution is -0.137. The predicted molar refractivity (Wildman–Crippen MR) is 103 cm³/mol. The third-order valence-electron chi connectivity index (χ3n) is 5.24. The van der Waals surface area contributed by atoms with Gasteiger partial charge < -0.3 is 9.73 Å². The van der Waals surface area contributed by atoms with Crippen molar-refractivity contribution in [3.8, 4) is 5.69 Å². The average molecular weight is 434 g/mol. The summed E-state index contributed by atoms with van der Waals surface area (Å²) in [5.41, 5.74) is -0.256. The molecule has 11 heteroatoms. The highest BCUT2D eigenvalue weighted by Gasteiger charge is 2.30. The summed E-state index contributed by atoms with van der Waals surface area (Å²) in [6.07, 6.45) is -0.989. The summed E-state index contributed by atoms with van der Waals surface area (Å²) < 4.78 is 44.9. The minimum Gasteiger partial charge on any atom is -0.459 e. The lowest BCUT2D eigenvalue weighted by Gasteiger charge is -2.32. The van der Waals surface area contributed by atoms with Crippen molar-refractivity contribution in [2.45, 2.75) is 25.6 Å². The molecule has 164 valence electrons. The number of nitrogens with one attached hydrogen (secondary N) is 1. The Balaban J connectivity index is 1.36. The molecule has 1 N–H and O–H groups in total. The first kappa shape index (κ1) is 21.0. The minimum absolute atomic E-state index is 0.242. The first-order valence-electron chi connectivity index (χ1n) is 9.89. The monoisotopic (exact) mass is 434 g/mol. The van der Waals surface area contributed by atoms with Crippen molar-refractivity contribution in [2.75, 3.05) is 19.6 Å². The van der Waals surface area contributed by atoms with Gasteiger partial charge in [-0.05, 0) is 72.1 Å². The molecule has 1 aliphatic rings. The average Bonchev–Trinajstić information content (AvgIpc) is 3.44. The van der Waals surface area contributed by atoms with E-state index in [0.29, 0.717) is 24.6 Å². The number of carbonyl (C=O) groups excluding carboxylic acids is 1. The number of furan rings is 1. The van der Waals surface area contributed by atoms with Crippen molar-refractivity contribution in [1.82, 2.24) is 30.4 Å². The lowest BCUT2D eigenvalue weighted by atomic mass is 9.98. The molecule has 1 saturated heterocycles. The van der Waals surface area contributed by atoms with Crippen LogP contribution in [0.25, 0.3) is 5.69 Å². The van der Waals surface area contributed by atoms with E-state index in [9.17, 15) is 18.0 Å². The van der Waals surface area contributed by atoms with Crippen LogP contribution < -0.4 is 5.32 Å². The van der Waals surface area contributed by atoms with Gasteiger partial charge in [0.15, 0.2) is 11.6 Å². The molecule has 31 heavy (non-hydrogen) atoms. The third-order valence-corrected chi connectivity index (χ3v) is 5.24. The predicted octanol–water partition coefficient (Wildman–Crippen LogP) is 2.92. The zero-order valence-electron chi connectivity index (χ0n) is 16.5. The van der Waals surface area contributed by atoms with Crippen LogP contribution in [0.3, 0.4) is 0 Å². The van der Waals surface area contributed by atoms with E-state index in [-0.39, 0.29) is 17.6 Å². The second kappa shape index (κ2) is 8.88. The Kier molecular flexibility index (Phi) is 6.03. The Hall–Kier alpha value is -3.21. The van der Waals surface area contributed by atoms with Crippen LogP contribution in [-0.4, -0.2) is 50.6 Å². The van der Waals surface area contributed by atoms with E-state index in [4.69, 9.17) is 4.42 Å². The molecule has 2 aromatic heterocycles. The van der Waals surface area contributed by atoms with E-state index in [2.05, 4.69) is 25.7 Å². The van der Waals surface area contributed by atoms with Gasteiger partial charge in [0.1, 0.15) is 0 Å². The normalized spacial score (nSPS) is 17.6. The SMILES string of the molecule is O=C(NCC1CCCN(Cc2nnnn2-c2ccc(C(F)(F)F)cc2)C1)c1ccco1. The maximum Gasteiger partial charge on any atom is 0.416 e. The number of halogens is 3. The second-order valence-electron chi connectivity index (χ2n) is 7.48. The van der Waals surface area contributed by atoms with Crippen LogP contribution in [0, 0.1) is 5.92 Å². The quantitative estimate of drug-likeness (QED) is 0.642. The molecule has 0 spiro atoms. The number of amides is 1. The van der Waals surface area contributed by atoms with E-state index >= 15 is 0 Å². The molecule has 4 rings (SSSR count). The van der Waals surface area contributed by atoms with Crippen LogP contribution >= 0.6 is 0 Å². The van der Waals surface area contributed by atoms with Crippen molar-refractivity contribution in [1.29, 1.82) is 0 Å². The molecule has 3 heterocycles. The zero-order chi connectivity index (χ0) is 21.8. The Labute approximate surface area is 176 Å². The van der Waals surface area contributed by atoms with Crippen molar-refractivity contribution in [2.24, 2.45) is 5.92 Å². The van der Waals surface area contributed by atoms with Gasteiger partial charge in [-0.25, -0.2) is 0 Å². The Morgan fingerprint density at radius 1 is 1.23 bits per heavy atom. The molecule has 8 nitrogen and oxygen atoms in total. The number of likely N-dealkylation sites (tertiary alicyclic amines) is 1. The summed E-state index contributed by atoms with van der Waals surface area (Å²) in [6.45, 7) is 2.58. The van der Waals surface area contributed by atoms with Crippen LogP contribution in [-0.2, 0) is 12.7 Å². The molecule has 1 aromatic carbocycles. The fourth-order valence-corrected chi connectivity index (χ4v) is 3.69. The molecule has 0 radical (unpaired) electrons. The summed E-state index contributed by atoms with van der Waals surface area (Å²) in [5.74, 6) is 0.847. The van der Waals surface area contributed by atoms with Gasteiger partial charge in [0.05, 0.1) is 24.1 Å². The van der Waals surface area contributed by atoms with E-state index < -0.39 is 11.7 Å². The van der Waals surface area contributed by atoms with Gasteiger partial charge >= 0.3 is 6.18 Å². The maximum absolute atomic E-state index is 12.8. The summed E-state index contributed by atoms with van der Waals surface area (Å²) in [7, 11) is 0. The van der Waals surface area contributed by atoms with Crippen LogP contribution in [0.15, 0.2) is 47.1 Å². The summed E-state index contributed by atoms with van der Waals surface area (Å²) in [5, 5.41) is 14.6. The van der Waals surface area contributed by atoms with Gasteiger partial charge in [-0.2, -0.15) is 17.9 Å². The molecule has 0 aliphatic carbocycles. The van der Waals surface area contributed by atoms with Crippen LogP contribution in [0.5, 0.6) is 0 Å². The number of rotatable bonds is 6. The number of nitrogens with zero attached hydrogens (tertiary/aromatic N) is 5. The topological polar surface area (TPSA) is 89.1 Å². The highest BCUT2D eigenvalue weighted by molar-refractivity contribution is 5.91. The summed E-state index contributed by atoms with van der Waals surface area (Å²) in [6, 6.07) is 8.01. The number of tetrazole rings is 1. The number of hydrogen-bond donors (Lipinski definition) is 1. The Morgan fingerprint density at radius 2 is 2.03 bits per heavy atom. The maximum atomic E-state index is 12.8. The van der Waals surface area contributed by atoms with Crippen molar-refractivity contribution < 1.29 is 22.4 Å². The number of carbonyl (C=O) groups is 1. The van der Waals surface area contributed by atoms with Crippen LogP contribution in [0.2, 0.25) is 0 Å². The lowest BCUT2D eigenvalue weighted by Crippen LogP contribution is -2.40. The molecular weight excluding hydrogens is 413 g/mol. The van der Waals surface area contributed by atoms with E-state index in [0.717, 1.165) is 38.1 Å². The van der Waals surface area contributed by atoms with Crippen LogP contribution in [0.1, 0.15) is 34.8 Å². The first-order valence-corrected chi connectivity index (χ1v) is 9.89. The summed E-state index contributed by atoms with van der Waals surface area (Å²) >= 11 is 0. The van der Waals surface area contributed by atoms with Gasteiger partial charge in [0.2, 0.25) is 0 Å². The standard InChI is InChI=1S/C20H21F3N6O2/c21-20(22,23)15-5-7-16(8-6-15)29-18(25-26-27-29)13-28-9-1-3-14(12-28)11-24-19(30)17-4-2-10-31-17/h2,4-8,10,14H,1,3,9,11-13H2,(H,24,30). The molecule has 1 amide bonds. The van der Waals surface area contributed by atoms with E-state index in [1.165, 1.54) is 23.1 Å². The van der Waals surface area contributed by atoms with Gasteiger partial charge in [-0.15, -0.1) is 5.10 Å². The largest absolute Gasteiger partial charge is 0.459 e. The number of benzene rings is 1. The minimum atomic E-state index is -4.39. The Bertz CT molecular complexity index is 1000. The molecule has 1 unspecified atom stereocenters. The van der Waals surface area contributed by atoms with Crippen molar-refractivity contribution in [3.05, 3.63) is 59.8 Å². The molecular formula is C20H21F3N6O2. The highest BCUT2D eigenvalue weighted by Crippen LogP contribution is 2.29.